The van der Waals surface area contributed by atoms with Gasteiger partial charge in [0.1, 0.15) is 0 Å². The number of aliphatic carboxylic acids is 1. The fourth-order valence-corrected chi connectivity index (χ4v) is 2.24. The molecule has 0 aliphatic rings. The quantitative estimate of drug-likeness (QED) is 0.386. The third kappa shape index (κ3) is 13.3. The van der Waals surface area contributed by atoms with Gasteiger partial charge in [0, 0.05) is 14.0 Å². The van der Waals surface area contributed by atoms with Gasteiger partial charge in [0.15, 0.2) is 0 Å². The Hall–Kier alpha value is 0.687. The molecule has 0 aromatic heterocycles. The molecular formula is C8H17NaO2Si. The van der Waals surface area contributed by atoms with Crippen molar-refractivity contribution in [2.45, 2.75) is 44.9 Å². The second-order valence-corrected chi connectivity index (χ2v) is 9.76. The zero-order valence-corrected chi connectivity index (χ0v) is 11.6. The molecule has 0 radical (unpaired) electrons. The van der Waals surface area contributed by atoms with E-state index >= 15 is 0 Å². The van der Waals surface area contributed by atoms with Crippen molar-refractivity contribution in [2.75, 3.05) is 0 Å². The molecule has 0 N–H and O–H groups in total. The van der Waals surface area contributed by atoms with E-state index in [0.717, 1.165) is 12.8 Å². The number of hydrogen-bond donors (Lipinski definition) is 0. The molecule has 0 aromatic rings. The minimum atomic E-state index is -0.943. The molecule has 0 fully saturated rings. The van der Waals surface area contributed by atoms with E-state index in [1.165, 1.54) is 6.04 Å². The van der Waals surface area contributed by atoms with Crippen LogP contribution in [0.3, 0.4) is 0 Å². The van der Waals surface area contributed by atoms with E-state index in [4.69, 9.17) is 0 Å². The number of carbonyl (C=O) groups is 1. The molecule has 0 aliphatic carbocycles. The number of unbranched alkanes of at least 4 members (excludes halogenated alkanes) is 1. The fraction of sp³-hybridized carbons (Fsp3) is 0.875. The third-order valence-corrected chi connectivity index (χ3v) is 3.41. The first kappa shape index (κ1) is 15.2. The van der Waals surface area contributed by atoms with Crippen molar-refractivity contribution in [1.29, 1.82) is 0 Å². The fourth-order valence-electron chi connectivity index (χ4n) is 0.925. The Balaban J connectivity index is 0. The summed E-state index contributed by atoms with van der Waals surface area (Å²) >= 11 is 0. The van der Waals surface area contributed by atoms with Crippen molar-refractivity contribution in [2.24, 2.45) is 0 Å². The van der Waals surface area contributed by atoms with Gasteiger partial charge in [0.05, 0.1) is 0 Å². The Labute approximate surface area is 98.0 Å². The van der Waals surface area contributed by atoms with Gasteiger partial charge in [-0.2, -0.15) is 0 Å². The molecule has 0 aromatic carbocycles. The van der Waals surface area contributed by atoms with Crippen LogP contribution >= 0.6 is 0 Å². The summed E-state index contributed by atoms with van der Waals surface area (Å²) in [4.78, 5) is 10.0. The van der Waals surface area contributed by atoms with E-state index in [1.807, 2.05) is 0 Å². The second kappa shape index (κ2) is 7.13. The summed E-state index contributed by atoms with van der Waals surface area (Å²) in [5, 5.41) is 10.0. The summed E-state index contributed by atoms with van der Waals surface area (Å²) in [7, 11) is -0.943. The van der Waals surface area contributed by atoms with Crippen LogP contribution in [0.2, 0.25) is 25.7 Å². The van der Waals surface area contributed by atoms with E-state index in [9.17, 15) is 9.90 Å². The molecule has 0 bridgehead atoms. The molecule has 0 amide bonds. The average molecular weight is 196 g/mol. The summed E-state index contributed by atoms with van der Waals surface area (Å²) < 4.78 is 0. The predicted molar refractivity (Wildman–Crippen MR) is 47.0 cm³/mol. The Morgan fingerprint density at radius 1 is 1.25 bits per heavy atom. The van der Waals surface area contributed by atoms with E-state index < -0.39 is 14.0 Å². The van der Waals surface area contributed by atoms with Gasteiger partial charge >= 0.3 is 29.6 Å². The molecule has 0 saturated heterocycles. The number of carbonyl (C=O) groups excluding carboxylic acids is 1. The average Bonchev–Trinajstić information content (AvgIpc) is 1.78. The van der Waals surface area contributed by atoms with Crippen LogP contribution in [0.25, 0.3) is 0 Å². The molecule has 2 nitrogen and oxygen atoms in total. The standard InChI is InChI=1S/C8H18O2Si.Na/c1-11(2,3)7-5-4-6-8(9)10;/h4-7H2,1-3H3,(H,9,10);/q;+1/p-1. The zero-order valence-electron chi connectivity index (χ0n) is 8.64. The van der Waals surface area contributed by atoms with Gasteiger partial charge in [-0.1, -0.05) is 32.1 Å². The number of carboxylic acids is 1. The zero-order chi connectivity index (χ0) is 8.91. The van der Waals surface area contributed by atoms with Crippen molar-refractivity contribution >= 4 is 14.0 Å². The third-order valence-electron chi connectivity index (χ3n) is 1.56. The van der Waals surface area contributed by atoms with Crippen molar-refractivity contribution < 1.29 is 39.5 Å². The largest absolute Gasteiger partial charge is 1.00 e. The smallest absolute Gasteiger partial charge is 0.550 e. The van der Waals surface area contributed by atoms with Crippen LogP contribution in [-0.2, 0) is 4.79 Å². The van der Waals surface area contributed by atoms with Gasteiger partial charge in [-0.05, 0) is 12.8 Å². The predicted octanol–water partition coefficient (Wildman–Crippen LogP) is -1.75. The first-order chi connectivity index (χ1) is 4.92. The van der Waals surface area contributed by atoms with Crippen LogP contribution in [0.4, 0.5) is 0 Å². The molecule has 0 heterocycles. The van der Waals surface area contributed by atoms with E-state index in [2.05, 4.69) is 19.6 Å². The maximum absolute atomic E-state index is 10.0. The molecule has 4 heteroatoms. The first-order valence-electron chi connectivity index (χ1n) is 4.12. The molecule has 0 saturated carbocycles. The van der Waals surface area contributed by atoms with Crippen LogP contribution in [0.15, 0.2) is 0 Å². The summed E-state index contributed by atoms with van der Waals surface area (Å²) in [5.41, 5.74) is 0. The molecule has 0 unspecified atom stereocenters. The van der Waals surface area contributed by atoms with Crippen molar-refractivity contribution in [3.8, 4) is 0 Å². The van der Waals surface area contributed by atoms with E-state index in [1.54, 1.807) is 0 Å². The van der Waals surface area contributed by atoms with Crippen LogP contribution in [0.5, 0.6) is 0 Å². The van der Waals surface area contributed by atoms with Crippen LogP contribution < -0.4 is 34.7 Å². The van der Waals surface area contributed by atoms with Crippen LogP contribution in [0, 0.1) is 0 Å². The van der Waals surface area contributed by atoms with Crippen molar-refractivity contribution in [3.63, 3.8) is 0 Å². The van der Waals surface area contributed by atoms with Crippen molar-refractivity contribution in [1.82, 2.24) is 0 Å². The van der Waals surface area contributed by atoms with Gasteiger partial charge in [-0.15, -0.1) is 0 Å². The number of hydrogen-bond acceptors (Lipinski definition) is 2. The SMILES string of the molecule is C[Si](C)(C)CCCCC(=O)[O-].[Na+]. The van der Waals surface area contributed by atoms with Gasteiger partial charge in [-0.3, -0.25) is 0 Å². The van der Waals surface area contributed by atoms with Gasteiger partial charge in [-0.25, -0.2) is 0 Å². The second-order valence-electron chi connectivity index (χ2n) is 4.14. The maximum atomic E-state index is 10.0. The molecule has 0 atom stereocenters. The topological polar surface area (TPSA) is 40.1 Å². The van der Waals surface area contributed by atoms with E-state index in [0.29, 0.717) is 0 Å². The Morgan fingerprint density at radius 2 is 1.75 bits per heavy atom. The summed E-state index contributed by atoms with van der Waals surface area (Å²) in [6.07, 6.45) is 2.06. The normalized spacial score (nSPS) is 10.6. The van der Waals surface area contributed by atoms with E-state index in [-0.39, 0.29) is 36.0 Å². The molecule has 0 rings (SSSR count). The maximum Gasteiger partial charge on any atom is 1.00 e. The van der Waals surface area contributed by atoms with Crippen LogP contribution in [-0.4, -0.2) is 14.0 Å². The first-order valence-corrected chi connectivity index (χ1v) is 7.82. The molecule has 12 heavy (non-hydrogen) atoms. The number of carboxylic acid groups (broad SMARTS) is 1. The van der Waals surface area contributed by atoms with Gasteiger partial charge < -0.3 is 9.90 Å². The van der Waals surface area contributed by atoms with Gasteiger partial charge in [0.25, 0.3) is 0 Å². The Bertz CT molecular complexity index is 132. The van der Waals surface area contributed by atoms with Crippen molar-refractivity contribution in [3.05, 3.63) is 0 Å². The Morgan fingerprint density at radius 3 is 2.08 bits per heavy atom. The minimum Gasteiger partial charge on any atom is -0.550 e. The van der Waals surface area contributed by atoms with Crippen LogP contribution in [0.1, 0.15) is 19.3 Å². The van der Waals surface area contributed by atoms with Gasteiger partial charge in [0.2, 0.25) is 0 Å². The Kier molecular flexibility index (Phi) is 9.01. The molecule has 0 spiro atoms. The summed E-state index contributed by atoms with van der Waals surface area (Å²) in [6, 6.07) is 1.22. The monoisotopic (exact) mass is 196 g/mol. The molecular weight excluding hydrogens is 179 g/mol. The minimum absolute atomic E-state index is 0. The summed E-state index contributed by atoms with van der Waals surface area (Å²) in [5.74, 6) is -0.916. The molecule has 66 valence electrons. The molecule has 0 aliphatic heterocycles. The summed E-state index contributed by atoms with van der Waals surface area (Å²) in [6.45, 7) is 6.89. The number of rotatable bonds is 5.